The van der Waals surface area contributed by atoms with E-state index < -0.39 is 11.6 Å². The molecule has 0 N–H and O–H groups in total. The zero-order valence-corrected chi connectivity index (χ0v) is 11.4. The third-order valence-electron chi connectivity index (χ3n) is 3.32. The first-order valence-corrected chi connectivity index (χ1v) is 6.20. The summed E-state index contributed by atoms with van der Waals surface area (Å²) >= 11 is 0. The molecule has 3 rings (SSSR count). The van der Waals surface area contributed by atoms with Gasteiger partial charge in [-0.3, -0.25) is 9.20 Å². The van der Waals surface area contributed by atoms with Gasteiger partial charge in [0.15, 0.2) is 5.58 Å². The number of nitrogens with zero attached hydrogens (tertiary/aromatic N) is 1. The molecule has 3 heterocycles. The molecular weight excluding hydrogens is 274 g/mol. The van der Waals surface area contributed by atoms with Gasteiger partial charge in [0.1, 0.15) is 5.56 Å². The number of pyridine rings is 2. The summed E-state index contributed by atoms with van der Waals surface area (Å²) in [4.78, 5) is 36.2. The summed E-state index contributed by atoms with van der Waals surface area (Å²) in [5.74, 6) is -0.669. The lowest BCUT2D eigenvalue weighted by Gasteiger charge is -2.10. The molecule has 3 aromatic rings. The standard InChI is InChI=1S/C15H11NO5/c1-8-7-10(17)21-13-11(8)14(18)16-6-4-3-5-9(16)12(13)15(19)20-2/h3-7H,1-2H3. The van der Waals surface area contributed by atoms with Crippen molar-refractivity contribution in [2.45, 2.75) is 6.92 Å². The van der Waals surface area contributed by atoms with E-state index in [2.05, 4.69) is 0 Å². The Balaban J connectivity index is 2.73. The van der Waals surface area contributed by atoms with Crippen LogP contribution in [0.5, 0.6) is 0 Å². The topological polar surface area (TPSA) is 78.0 Å². The third kappa shape index (κ3) is 1.84. The van der Waals surface area contributed by atoms with Gasteiger partial charge in [-0.15, -0.1) is 0 Å². The fraction of sp³-hybridized carbons (Fsp3) is 0.133. The average Bonchev–Trinajstić information content (AvgIpc) is 2.46. The normalized spacial score (nSPS) is 11.0. The lowest BCUT2D eigenvalue weighted by Crippen LogP contribution is -2.20. The lowest BCUT2D eigenvalue weighted by molar-refractivity contribution is 0.0603. The third-order valence-corrected chi connectivity index (χ3v) is 3.32. The Kier molecular flexibility index (Phi) is 2.86. The second-order valence-electron chi connectivity index (χ2n) is 4.58. The molecule has 6 nitrogen and oxygen atoms in total. The van der Waals surface area contributed by atoms with Crippen molar-refractivity contribution >= 4 is 22.5 Å². The van der Waals surface area contributed by atoms with E-state index in [9.17, 15) is 14.4 Å². The van der Waals surface area contributed by atoms with Crippen LogP contribution in [0.1, 0.15) is 15.9 Å². The van der Waals surface area contributed by atoms with Gasteiger partial charge in [0, 0.05) is 12.3 Å². The van der Waals surface area contributed by atoms with Gasteiger partial charge in [0.2, 0.25) is 0 Å². The van der Waals surface area contributed by atoms with Crippen LogP contribution in [0.25, 0.3) is 16.5 Å². The summed E-state index contributed by atoms with van der Waals surface area (Å²) < 4.78 is 11.2. The minimum absolute atomic E-state index is 0.0388. The van der Waals surface area contributed by atoms with E-state index in [-0.39, 0.29) is 22.1 Å². The van der Waals surface area contributed by atoms with Crippen molar-refractivity contribution < 1.29 is 13.9 Å². The lowest BCUT2D eigenvalue weighted by atomic mass is 10.1. The Morgan fingerprint density at radius 1 is 1.29 bits per heavy atom. The zero-order chi connectivity index (χ0) is 15.1. The minimum Gasteiger partial charge on any atom is -0.465 e. The molecule has 0 saturated carbocycles. The smallest absolute Gasteiger partial charge is 0.343 e. The maximum atomic E-state index is 12.5. The number of esters is 1. The molecule has 0 aliphatic heterocycles. The quantitative estimate of drug-likeness (QED) is 0.500. The molecule has 0 radical (unpaired) electrons. The molecule has 0 aliphatic carbocycles. The number of carbonyl (C=O) groups is 1. The van der Waals surface area contributed by atoms with Gasteiger partial charge in [-0.2, -0.15) is 0 Å². The Morgan fingerprint density at radius 2 is 2.05 bits per heavy atom. The Labute approximate surface area is 118 Å². The van der Waals surface area contributed by atoms with Gasteiger partial charge >= 0.3 is 11.6 Å². The first kappa shape index (κ1) is 13.1. The molecule has 3 aromatic heterocycles. The van der Waals surface area contributed by atoms with Gasteiger partial charge in [-0.25, -0.2) is 9.59 Å². The number of aromatic nitrogens is 1. The number of methoxy groups -OCH3 is 1. The molecule has 0 bridgehead atoms. The van der Waals surface area contributed by atoms with E-state index in [1.54, 1.807) is 31.3 Å². The largest absolute Gasteiger partial charge is 0.465 e. The molecule has 0 fully saturated rings. The van der Waals surface area contributed by atoms with E-state index in [1.165, 1.54) is 17.6 Å². The minimum atomic E-state index is -0.669. The van der Waals surface area contributed by atoms with E-state index >= 15 is 0 Å². The molecule has 6 heteroatoms. The van der Waals surface area contributed by atoms with Crippen LogP contribution in [0, 0.1) is 6.92 Å². The highest BCUT2D eigenvalue weighted by atomic mass is 16.5. The number of aryl methyl sites for hydroxylation is 1. The van der Waals surface area contributed by atoms with Crippen LogP contribution < -0.4 is 11.2 Å². The molecule has 0 aliphatic rings. The highest BCUT2D eigenvalue weighted by molar-refractivity contribution is 6.08. The molecule has 21 heavy (non-hydrogen) atoms. The predicted octanol–water partition coefficient (Wildman–Crippen LogP) is 1.50. The van der Waals surface area contributed by atoms with E-state index in [0.29, 0.717) is 11.1 Å². The van der Waals surface area contributed by atoms with Gasteiger partial charge in [-0.1, -0.05) is 6.07 Å². The van der Waals surface area contributed by atoms with Gasteiger partial charge < -0.3 is 9.15 Å². The van der Waals surface area contributed by atoms with Crippen LogP contribution in [0.15, 0.2) is 44.5 Å². The van der Waals surface area contributed by atoms with E-state index in [4.69, 9.17) is 9.15 Å². The number of ether oxygens (including phenoxy) is 1. The first-order chi connectivity index (χ1) is 10.0. The summed E-state index contributed by atoms with van der Waals surface area (Å²) in [5, 5.41) is 0.193. The van der Waals surface area contributed by atoms with E-state index in [1.807, 2.05) is 0 Å². The molecule has 0 saturated heterocycles. The molecule has 106 valence electrons. The van der Waals surface area contributed by atoms with Crippen molar-refractivity contribution in [2.24, 2.45) is 0 Å². The molecule has 0 unspecified atom stereocenters. The molecule has 0 amide bonds. The van der Waals surface area contributed by atoms with Crippen LogP contribution in [-0.4, -0.2) is 17.5 Å². The van der Waals surface area contributed by atoms with Crippen molar-refractivity contribution in [2.75, 3.05) is 7.11 Å². The fourth-order valence-electron chi connectivity index (χ4n) is 2.41. The molecule has 0 spiro atoms. The van der Waals surface area contributed by atoms with Crippen molar-refractivity contribution in [3.63, 3.8) is 0 Å². The van der Waals surface area contributed by atoms with Gasteiger partial charge in [0.25, 0.3) is 5.56 Å². The SMILES string of the molecule is COC(=O)c1c2oc(=O)cc(C)c2c(=O)n2ccccc12. The van der Waals surface area contributed by atoms with Crippen LogP contribution in [0.2, 0.25) is 0 Å². The van der Waals surface area contributed by atoms with Crippen molar-refractivity contribution in [1.29, 1.82) is 0 Å². The summed E-state index contributed by atoms with van der Waals surface area (Å²) in [6.45, 7) is 1.62. The monoisotopic (exact) mass is 285 g/mol. The molecule has 0 aromatic carbocycles. The number of hydrogen-bond donors (Lipinski definition) is 0. The summed E-state index contributed by atoms with van der Waals surface area (Å²) in [5.41, 5.74) is -0.166. The summed E-state index contributed by atoms with van der Waals surface area (Å²) in [6, 6.07) is 6.17. The van der Waals surface area contributed by atoms with Crippen LogP contribution >= 0.6 is 0 Å². The summed E-state index contributed by atoms with van der Waals surface area (Å²) in [7, 11) is 1.23. The second-order valence-corrected chi connectivity index (χ2v) is 4.58. The van der Waals surface area contributed by atoms with Crippen molar-refractivity contribution in [3.8, 4) is 0 Å². The Hall–Kier alpha value is -2.89. The molecule has 0 atom stereocenters. The van der Waals surface area contributed by atoms with Crippen LogP contribution in [0.4, 0.5) is 0 Å². The van der Waals surface area contributed by atoms with Crippen LogP contribution in [0.3, 0.4) is 0 Å². The average molecular weight is 285 g/mol. The Morgan fingerprint density at radius 3 is 2.76 bits per heavy atom. The summed E-state index contributed by atoms with van der Waals surface area (Å²) in [6.07, 6.45) is 1.55. The number of carbonyl (C=O) groups excluding carboxylic acids is 1. The van der Waals surface area contributed by atoms with Gasteiger partial charge in [0.05, 0.1) is 18.0 Å². The Bertz CT molecular complexity index is 997. The first-order valence-electron chi connectivity index (χ1n) is 6.20. The number of hydrogen-bond acceptors (Lipinski definition) is 5. The van der Waals surface area contributed by atoms with Crippen LogP contribution in [-0.2, 0) is 4.74 Å². The highest BCUT2D eigenvalue weighted by Crippen LogP contribution is 2.22. The predicted molar refractivity (Wildman–Crippen MR) is 75.8 cm³/mol. The number of rotatable bonds is 1. The fourth-order valence-corrected chi connectivity index (χ4v) is 2.41. The molecular formula is C15H11NO5. The zero-order valence-electron chi connectivity index (χ0n) is 11.4. The van der Waals surface area contributed by atoms with E-state index in [0.717, 1.165) is 0 Å². The van der Waals surface area contributed by atoms with Crippen molar-refractivity contribution in [3.05, 3.63) is 62.4 Å². The maximum absolute atomic E-state index is 12.5. The maximum Gasteiger partial charge on any atom is 0.343 e. The number of fused-ring (bicyclic) bond motifs is 2. The second kappa shape index (κ2) is 4.59. The van der Waals surface area contributed by atoms with Crippen molar-refractivity contribution in [1.82, 2.24) is 4.40 Å². The van der Waals surface area contributed by atoms with Gasteiger partial charge in [-0.05, 0) is 24.6 Å². The highest BCUT2D eigenvalue weighted by Gasteiger charge is 2.21.